The predicted molar refractivity (Wildman–Crippen MR) is 45.5 cm³/mol. The van der Waals surface area contributed by atoms with Crippen LogP contribution in [-0.4, -0.2) is 25.8 Å². The molecule has 0 radical (unpaired) electrons. The van der Waals surface area contributed by atoms with Gasteiger partial charge in [0, 0.05) is 13.2 Å². The maximum atomic E-state index is 10.8. The number of hydrogen-bond donors (Lipinski definition) is 1. The smallest absolute Gasteiger partial charge is 0.354 e. The number of rotatable bonds is 1. The van der Waals surface area contributed by atoms with E-state index in [1.807, 2.05) is 0 Å². The Morgan fingerprint density at radius 3 is 3.08 bits per heavy atom. The molecule has 0 saturated carbocycles. The lowest BCUT2D eigenvalue weighted by Gasteiger charge is -1.93. The van der Waals surface area contributed by atoms with Crippen LogP contribution in [0.1, 0.15) is 10.5 Å². The van der Waals surface area contributed by atoms with Crippen molar-refractivity contribution in [2.75, 3.05) is 0 Å². The van der Waals surface area contributed by atoms with Crippen molar-refractivity contribution in [2.45, 2.75) is 0 Å². The second-order valence-corrected chi connectivity index (χ2v) is 2.65. The summed E-state index contributed by atoms with van der Waals surface area (Å²) in [5.74, 6) is -0.988. The van der Waals surface area contributed by atoms with E-state index in [0.717, 1.165) is 0 Å². The number of nitrogens with zero attached hydrogens (tertiary/aromatic N) is 3. The number of fused-ring (bicyclic) bond motifs is 1. The first kappa shape index (κ1) is 7.72. The summed E-state index contributed by atoms with van der Waals surface area (Å²) in [6, 6.07) is 3.38. The SMILES string of the molecule is Cn1nc2ncccc2c1C(=O)O. The summed E-state index contributed by atoms with van der Waals surface area (Å²) >= 11 is 0. The Labute approximate surface area is 73.6 Å². The quantitative estimate of drug-likeness (QED) is 0.695. The average molecular weight is 177 g/mol. The number of aromatic nitrogens is 3. The molecule has 2 heterocycles. The first-order valence-corrected chi connectivity index (χ1v) is 3.71. The standard InChI is InChI=1S/C8H7N3O2/c1-11-6(8(12)13)5-3-2-4-9-7(5)10-11/h2-4H,1H3,(H,12,13). The van der Waals surface area contributed by atoms with Gasteiger partial charge in [-0.25, -0.2) is 9.78 Å². The molecule has 0 bridgehead atoms. The third-order valence-corrected chi connectivity index (χ3v) is 1.81. The number of carboxylic acids is 1. The predicted octanol–water partition coefficient (Wildman–Crippen LogP) is 0.667. The van der Waals surface area contributed by atoms with Gasteiger partial charge >= 0.3 is 5.97 Å². The zero-order chi connectivity index (χ0) is 9.42. The van der Waals surface area contributed by atoms with Crippen molar-refractivity contribution in [3.05, 3.63) is 24.0 Å². The zero-order valence-corrected chi connectivity index (χ0v) is 6.93. The maximum Gasteiger partial charge on any atom is 0.354 e. The van der Waals surface area contributed by atoms with E-state index in [2.05, 4.69) is 10.1 Å². The van der Waals surface area contributed by atoms with Gasteiger partial charge in [-0.05, 0) is 12.1 Å². The lowest BCUT2D eigenvalue weighted by atomic mass is 10.2. The molecule has 0 aromatic carbocycles. The number of carboxylic acid groups (broad SMARTS) is 1. The molecule has 0 fully saturated rings. The van der Waals surface area contributed by atoms with Crippen LogP contribution in [0.25, 0.3) is 11.0 Å². The van der Waals surface area contributed by atoms with E-state index in [-0.39, 0.29) is 5.69 Å². The van der Waals surface area contributed by atoms with Gasteiger partial charge in [0.25, 0.3) is 0 Å². The van der Waals surface area contributed by atoms with Gasteiger partial charge in [0.15, 0.2) is 11.3 Å². The minimum atomic E-state index is -0.988. The van der Waals surface area contributed by atoms with Crippen LogP contribution in [-0.2, 0) is 7.05 Å². The minimum Gasteiger partial charge on any atom is -0.477 e. The monoisotopic (exact) mass is 177 g/mol. The normalized spacial score (nSPS) is 10.5. The van der Waals surface area contributed by atoms with Crippen molar-refractivity contribution in [1.29, 1.82) is 0 Å². The molecule has 0 aliphatic carbocycles. The highest BCUT2D eigenvalue weighted by atomic mass is 16.4. The molecule has 0 saturated heterocycles. The van der Waals surface area contributed by atoms with Crippen LogP contribution in [0.15, 0.2) is 18.3 Å². The van der Waals surface area contributed by atoms with Crippen LogP contribution < -0.4 is 0 Å². The summed E-state index contributed by atoms with van der Waals surface area (Å²) < 4.78 is 1.32. The highest BCUT2D eigenvalue weighted by Crippen LogP contribution is 2.14. The molecule has 0 amide bonds. The van der Waals surface area contributed by atoms with Crippen LogP contribution in [0.2, 0.25) is 0 Å². The second-order valence-electron chi connectivity index (χ2n) is 2.65. The van der Waals surface area contributed by atoms with Crippen LogP contribution >= 0.6 is 0 Å². The molecule has 0 unspecified atom stereocenters. The summed E-state index contributed by atoms with van der Waals surface area (Å²) in [4.78, 5) is 14.8. The summed E-state index contributed by atoms with van der Waals surface area (Å²) in [5, 5.41) is 13.4. The topological polar surface area (TPSA) is 68.0 Å². The number of pyridine rings is 1. The lowest BCUT2D eigenvalue weighted by Crippen LogP contribution is -2.05. The highest BCUT2D eigenvalue weighted by Gasteiger charge is 2.14. The lowest BCUT2D eigenvalue weighted by molar-refractivity contribution is 0.0687. The molecule has 2 aromatic heterocycles. The van der Waals surface area contributed by atoms with Crippen molar-refractivity contribution in [2.24, 2.45) is 7.05 Å². The van der Waals surface area contributed by atoms with Crippen molar-refractivity contribution >= 4 is 17.0 Å². The molecular weight excluding hydrogens is 170 g/mol. The first-order chi connectivity index (χ1) is 6.20. The third-order valence-electron chi connectivity index (χ3n) is 1.81. The van der Waals surface area contributed by atoms with Gasteiger partial charge in [0.05, 0.1) is 5.39 Å². The van der Waals surface area contributed by atoms with Gasteiger partial charge in [-0.15, -0.1) is 0 Å². The maximum absolute atomic E-state index is 10.8. The van der Waals surface area contributed by atoms with Crippen LogP contribution in [0.5, 0.6) is 0 Å². The van der Waals surface area contributed by atoms with Crippen LogP contribution in [0, 0.1) is 0 Å². The molecule has 13 heavy (non-hydrogen) atoms. The molecule has 0 aliphatic heterocycles. The first-order valence-electron chi connectivity index (χ1n) is 3.71. The van der Waals surface area contributed by atoms with E-state index in [4.69, 9.17) is 5.11 Å². The summed E-state index contributed by atoms with van der Waals surface area (Å²) in [6.07, 6.45) is 1.58. The van der Waals surface area contributed by atoms with Crippen LogP contribution in [0.4, 0.5) is 0 Å². The number of carbonyl (C=O) groups is 1. The second kappa shape index (κ2) is 2.55. The fourth-order valence-corrected chi connectivity index (χ4v) is 1.28. The fraction of sp³-hybridized carbons (Fsp3) is 0.125. The van der Waals surface area contributed by atoms with Gasteiger partial charge in [0.2, 0.25) is 0 Å². The number of aryl methyl sites for hydroxylation is 1. The molecule has 1 N–H and O–H groups in total. The molecule has 0 atom stereocenters. The Hall–Kier alpha value is -1.91. The Morgan fingerprint density at radius 2 is 2.38 bits per heavy atom. The van der Waals surface area contributed by atoms with E-state index in [0.29, 0.717) is 11.0 Å². The third kappa shape index (κ3) is 1.05. The Bertz CT molecular complexity index is 475. The molecular formula is C8H7N3O2. The molecule has 66 valence electrons. The largest absolute Gasteiger partial charge is 0.477 e. The highest BCUT2D eigenvalue weighted by molar-refractivity contribution is 6.00. The Morgan fingerprint density at radius 1 is 1.62 bits per heavy atom. The van der Waals surface area contributed by atoms with Crippen molar-refractivity contribution in [3.8, 4) is 0 Å². The van der Waals surface area contributed by atoms with Crippen LogP contribution in [0.3, 0.4) is 0 Å². The molecule has 2 aromatic rings. The van der Waals surface area contributed by atoms with Crippen molar-refractivity contribution in [1.82, 2.24) is 14.8 Å². The van der Waals surface area contributed by atoms with Gasteiger partial charge in [-0.2, -0.15) is 5.10 Å². The number of hydrogen-bond acceptors (Lipinski definition) is 3. The zero-order valence-electron chi connectivity index (χ0n) is 6.93. The molecule has 5 nitrogen and oxygen atoms in total. The number of aromatic carboxylic acids is 1. The summed E-state index contributed by atoms with van der Waals surface area (Å²) in [6.45, 7) is 0. The van der Waals surface area contributed by atoms with E-state index in [1.165, 1.54) is 4.68 Å². The Kier molecular flexibility index (Phi) is 1.51. The van der Waals surface area contributed by atoms with Gasteiger partial charge in [0.1, 0.15) is 0 Å². The minimum absolute atomic E-state index is 0.170. The molecule has 5 heteroatoms. The fourth-order valence-electron chi connectivity index (χ4n) is 1.28. The van der Waals surface area contributed by atoms with E-state index in [1.54, 1.807) is 25.4 Å². The van der Waals surface area contributed by atoms with E-state index >= 15 is 0 Å². The average Bonchev–Trinajstić information content (AvgIpc) is 2.39. The van der Waals surface area contributed by atoms with Gasteiger partial charge in [-0.1, -0.05) is 0 Å². The van der Waals surface area contributed by atoms with Gasteiger partial charge in [-0.3, -0.25) is 4.68 Å². The van der Waals surface area contributed by atoms with Gasteiger partial charge < -0.3 is 5.11 Å². The van der Waals surface area contributed by atoms with E-state index < -0.39 is 5.97 Å². The molecule has 0 aliphatic rings. The van der Waals surface area contributed by atoms with Crippen molar-refractivity contribution < 1.29 is 9.90 Å². The Balaban J connectivity index is 2.86. The van der Waals surface area contributed by atoms with Crippen molar-refractivity contribution in [3.63, 3.8) is 0 Å². The molecule has 2 rings (SSSR count). The molecule has 0 spiro atoms. The summed E-state index contributed by atoms with van der Waals surface area (Å²) in [7, 11) is 1.59. The summed E-state index contributed by atoms with van der Waals surface area (Å²) in [5.41, 5.74) is 0.630. The van der Waals surface area contributed by atoms with E-state index in [9.17, 15) is 4.79 Å².